The van der Waals surface area contributed by atoms with E-state index in [1.54, 1.807) is 43.4 Å². The average Bonchev–Trinajstić information content (AvgIpc) is 3.31. The maximum Gasteiger partial charge on any atom is 0.254 e. The smallest absolute Gasteiger partial charge is 0.254 e. The lowest BCUT2D eigenvalue weighted by atomic mass is 10.1. The first-order valence-electron chi connectivity index (χ1n) is 11.8. The van der Waals surface area contributed by atoms with Crippen molar-refractivity contribution in [3.05, 3.63) is 89.7 Å². The van der Waals surface area contributed by atoms with Gasteiger partial charge >= 0.3 is 0 Å². The number of methoxy groups -OCH3 is 2. The van der Waals surface area contributed by atoms with Crippen LogP contribution in [0.1, 0.15) is 35.5 Å². The molecule has 0 fully saturated rings. The van der Waals surface area contributed by atoms with Gasteiger partial charge in [0.1, 0.15) is 12.3 Å². The van der Waals surface area contributed by atoms with Crippen LogP contribution >= 0.6 is 0 Å². The van der Waals surface area contributed by atoms with E-state index in [9.17, 15) is 9.59 Å². The largest absolute Gasteiger partial charge is 0.497 e. The molecule has 3 aromatic rings. The zero-order valence-electron chi connectivity index (χ0n) is 21.0. The van der Waals surface area contributed by atoms with Crippen molar-refractivity contribution in [1.29, 1.82) is 0 Å². The number of amides is 2. The van der Waals surface area contributed by atoms with Crippen molar-refractivity contribution in [2.45, 2.75) is 33.0 Å². The highest BCUT2D eigenvalue weighted by Crippen LogP contribution is 2.16. The molecule has 35 heavy (non-hydrogen) atoms. The van der Waals surface area contributed by atoms with Crippen LogP contribution in [0.5, 0.6) is 5.75 Å². The van der Waals surface area contributed by atoms with E-state index in [4.69, 9.17) is 9.47 Å². The third-order valence-corrected chi connectivity index (χ3v) is 5.89. The van der Waals surface area contributed by atoms with Gasteiger partial charge in [0, 0.05) is 43.7 Å². The zero-order valence-corrected chi connectivity index (χ0v) is 21.0. The van der Waals surface area contributed by atoms with Crippen LogP contribution in [-0.4, -0.2) is 66.1 Å². The van der Waals surface area contributed by atoms with Gasteiger partial charge in [0.05, 0.1) is 20.3 Å². The lowest BCUT2D eigenvalue weighted by Gasteiger charge is -2.31. The number of rotatable bonds is 12. The Kier molecular flexibility index (Phi) is 9.49. The van der Waals surface area contributed by atoms with Gasteiger partial charge in [0.25, 0.3) is 5.91 Å². The summed E-state index contributed by atoms with van der Waals surface area (Å²) in [6, 6.07) is 21.2. The third kappa shape index (κ3) is 7.20. The summed E-state index contributed by atoms with van der Waals surface area (Å²) >= 11 is 0. The van der Waals surface area contributed by atoms with Gasteiger partial charge in [-0.15, -0.1) is 0 Å². The molecule has 0 saturated heterocycles. The van der Waals surface area contributed by atoms with Gasteiger partial charge in [0.15, 0.2) is 0 Å². The maximum absolute atomic E-state index is 13.5. The standard InChI is InChI=1S/C28H35N3O4/c1-22(2)31(20-25-13-9-15-29(25)19-23-10-6-5-7-11-23)27(32)21-30(16-17-34-3)28(33)24-12-8-14-26(18-24)35-4/h5-15,18,22H,16-17,19-21H2,1-4H3. The number of hydrogen-bond donors (Lipinski definition) is 0. The van der Waals surface area contributed by atoms with Gasteiger partial charge in [0.2, 0.25) is 5.91 Å². The summed E-state index contributed by atoms with van der Waals surface area (Å²) in [7, 11) is 3.14. The summed E-state index contributed by atoms with van der Waals surface area (Å²) in [4.78, 5) is 30.1. The van der Waals surface area contributed by atoms with Crippen LogP contribution in [0.2, 0.25) is 0 Å². The Balaban J connectivity index is 1.76. The van der Waals surface area contributed by atoms with Crippen molar-refractivity contribution in [2.75, 3.05) is 33.9 Å². The van der Waals surface area contributed by atoms with E-state index in [2.05, 4.69) is 16.7 Å². The fraction of sp³-hybridized carbons (Fsp3) is 0.357. The quantitative estimate of drug-likeness (QED) is 0.395. The van der Waals surface area contributed by atoms with Crippen LogP contribution < -0.4 is 4.74 Å². The summed E-state index contributed by atoms with van der Waals surface area (Å²) < 4.78 is 12.6. The molecule has 0 atom stereocenters. The van der Waals surface area contributed by atoms with E-state index in [-0.39, 0.29) is 24.4 Å². The Morgan fingerprint density at radius 2 is 1.74 bits per heavy atom. The van der Waals surface area contributed by atoms with Crippen molar-refractivity contribution in [3.8, 4) is 5.75 Å². The molecule has 0 spiro atoms. The highest BCUT2D eigenvalue weighted by Gasteiger charge is 2.25. The summed E-state index contributed by atoms with van der Waals surface area (Å²) in [6.07, 6.45) is 2.03. The van der Waals surface area contributed by atoms with Crippen LogP contribution in [0.4, 0.5) is 0 Å². The Hall–Kier alpha value is -3.58. The third-order valence-electron chi connectivity index (χ3n) is 5.89. The SMILES string of the molecule is COCCN(CC(=O)N(Cc1cccn1Cc1ccccc1)C(C)C)C(=O)c1cccc(OC)c1. The van der Waals surface area contributed by atoms with E-state index in [0.29, 0.717) is 31.0 Å². The van der Waals surface area contributed by atoms with Gasteiger partial charge < -0.3 is 23.8 Å². The van der Waals surface area contributed by atoms with Crippen LogP contribution in [-0.2, 0) is 22.6 Å². The fourth-order valence-electron chi connectivity index (χ4n) is 3.91. The first-order valence-corrected chi connectivity index (χ1v) is 11.8. The van der Waals surface area contributed by atoms with Crippen molar-refractivity contribution in [2.24, 2.45) is 0 Å². The van der Waals surface area contributed by atoms with Gasteiger partial charge in [-0.1, -0.05) is 36.4 Å². The monoisotopic (exact) mass is 477 g/mol. The molecule has 0 saturated carbocycles. The maximum atomic E-state index is 13.5. The first-order chi connectivity index (χ1) is 16.9. The number of benzene rings is 2. The Morgan fingerprint density at radius 3 is 2.43 bits per heavy atom. The summed E-state index contributed by atoms with van der Waals surface area (Å²) in [5, 5.41) is 0. The molecule has 0 aliphatic heterocycles. The molecule has 2 aromatic carbocycles. The average molecular weight is 478 g/mol. The summed E-state index contributed by atoms with van der Waals surface area (Å²) in [5.41, 5.74) is 2.71. The van der Waals surface area contributed by atoms with Crippen molar-refractivity contribution >= 4 is 11.8 Å². The summed E-state index contributed by atoms with van der Waals surface area (Å²) in [6.45, 7) is 5.80. The molecule has 0 bridgehead atoms. The predicted octanol–water partition coefficient (Wildman–Crippen LogP) is 4.07. The lowest BCUT2D eigenvalue weighted by Crippen LogP contribution is -2.46. The molecule has 0 aliphatic rings. The van der Waals surface area contributed by atoms with E-state index < -0.39 is 0 Å². The number of hydrogen-bond acceptors (Lipinski definition) is 4. The van der Waals surface area contributed by atoms with Crippen molar-refractivity contribution in [1.82, 2.24) is 14.4 Å². The fourth-order valence-corrected chi connectivity index (χ4v) is 3.91. The zero-order chi connectivity index (χ0) is 25.2. The highest BCUT2D eigenvalue weighted by molar-refractivity contribution is 5.96. The predicted molar refractivity (Wildman–Crippen MR) is 136 cm³/mol. The van der Waals surface area contributed by atoms with E-state index in [1.807, 2.05) is 55.3 Å². The Labute approximate surface area is 207 Å². The molecule has 3 rings (SSSR count). The van der Waals surface area contributed by atoms with Crippen molar-refractivity contribution < 1.29 is 19.1 Å². The molecular formula is C28H35N3O4. The van der Waals surface area contributed by atoms with Crippen LogP contribution in [0.15, 0.2) is 72.9 Å². The molecule has 0 radical (unpaired) electrons. The van der Waals surface area contributed by atoms with Gasteiger partial charge in [-0.3, -0.25) is 9.59 Å². The Morgan fingerprint density at radius 1 is 0.971 bits per heavy atom. The minimum atomic E-state index is -0.231. The molecule has 7 heteroatoms. The highest BCUT2D eigenvalue weighted by atomic mass is 16.5. The second-order valence-electron chi connectivity index (χ2n) is 8.68. The molecule has 0 aliphatic carbocycles. The van der Waals surface area contributed by atoms with E-state index in [0.717, 1.165) is 12.2 Å². The molecule has 186 valence electrons. The van der Waals surface area contributed by atoms with Crippen LogP contribution in [0, 0.1) is 0 Å². The normalized spacial score (nSPS) is 10.9. The van der Waals surface area contributed by atoms with Crippen LogP contribution in [0.25, 0.3) is 0 Å². The minimum absolute atomic E-state index is 0.0289. The summed E-state index contributed by atoms with van der Waals surface area (Å²) in [5.74, 6) is 0.252. The lowest BCUT2D eigenvalue weighted by molar-refractivity contribution is -0.134. The van der Waals surface area contributed by atoms with Gasteiger partial charge in [-0.25, -0.2) is 0 Å². The van der Waals surface area contributed by atoms with Gasteiger partial charge in [-0.05, 0) is 49.7 Å². The van der Waals surface area contributed by atoms with Crippen LogP contribution in [0.3, 0.4) is 0 Å². The molecule has 0 unspecified atom stereocenters. The topological polar surface area (TPSA) is 64.0 Å². The second kappa shape index (κ2) is 12.8. The number of carbonyl (C=O) groups is 2. The molecule has 7 nitrogen and oxygen atoms in total. The molecule has 1 aromatic heterocycles. The molecule has 2 amide bonds. The number of carbonyl (C=O) groups excluding carboxylic acids is 2. The van der Waals surface area contributed by atoms with E-state index in [1.165, 1.54) is 5.56 Å². The first kappa shape index (κ1) is 26.0. The second-order valence-corrected chi connectivity index (χ2v) is 8.68. The minimum Gasteiger partial charge on any atom is -0.497 e. The van der Waals surface area contributed by atoms with Gasteiger partial charge in [-0.2, -0.15) is 0 Å². The molecule has 0 N–H and O–H groups in total. The van der Waals surface area contributed by atoms with Crippen molar-refractivity contribution in [3.63, 3.8) is 0 Å². The molecular weight excluding hydrogens is 442 g/mol. The number of aromatic nitrogens is 1. The number of nitrogens with zero attached hydrogens (tertiary/aromatic N) is 3. The molecule has 1 heterocycles. The van der Waals surface area contributed by atoms with E-state index >= 15 is 0 Å². The number of ether oxygens (including phenoxy) is 2. The Bertz CT molecular complexity index is 1090.